The summed E-state index contributed by atoms with van der Waals surface area (Å²) >= 11 is 2.92. The zero-order valence-electron chi connectivity index (χ0n) is 20.9. The fourth-order valence-corrected chi connectivity index (χ4v) is 6.43. The first-order chi connectivity index (χ1) is 18.0. The maximum atomic E-state index is 12.4. The summed E-state index contributed by atoms with van der Waals surface area (Å²) in [5.74, 6) is 4.23. The van der Waals surface area contributed by atoms with Crippen molar-refractivity contribution in [1.82, 2.24) is 0 Å². The number of methoxy groups -OCH3 is 2. The molecule has 0 saturated heterocycles. The molecule has 0 atom stereocenters. The third-order valence-corrected chi connectivity index (χ3v) is 8.52. The number of carbonyl (C=O) groups excluding carboxylic acids is 2. The molecule has 7 heteroatoms. The van der Waals surface area contributed by atoms with Crippen LogP contribution in [0.5, 0.6) is 11.5 Å². The second-order valence-electron chi connectivity index (χ2n) is 8.69. The van der Waals surface area contributed by atoms with Crippen molar-refractivity contribution in [2.75, 3.05) is 14.2 Å². The Balaban J connectivity index is 1.51. The average molecular weight is 530 g/mol. The topological polar surface area (TPSA) is 76.4 Å². The van der Waals surface area contributed by atoms with Crippen molar-refractivity contribution in [2.45, 2.75) is 44.9 Å². The van der Waals surface area contributed by atoms with Gasteiger partial charge in [-0.3, -0.25) is 9.59 Å². The smallest absolute Gasteiger partial charge is 0.173 e. The van der Waals surface area contributed by atoms with Gasteiger partial charge in [-0.15, -0.1) is 35.0 Å². The van der Waals surface area contributed by atoms with E-state index in [0.717, 1.165) is 66.9 Å². The van der Waals surface area contributed by atoms with E-state index in [1.807, 2.05) is 30.3 Å². The molecule has 0 spiro atoms. The third-order valence-electron chi connectivity index (χ3n) is 6.24. The number of carbonyl (C=O) groups is 2. The maximum absolute atomic E-state index is 12.4. The van der Waals surface area contributed by atoms with E-state index in [2.05, 4.69) is 18.1 Å². The van der Waals surface area contributed by atoms with Crippen LogP contribution in [0.1, 0.15) is 62.6 Å². The molecule has 37 heavy (non-hydrogen) atoms. The van der Waals surface area contributed by atoms with Gasteiger partial charge in [-0.05, 0) is 77.6 Å². The van der Waals surface area contributed by atoms with Crippen molar-refractivity contribution in [2.24, 2.45) is 0 Å². The number of hydrogen-bond donors (Lipinski definition) is 0. The fourth-order valence-electron chi connectivity index (χ4n) is 4.35. The van der Waals surface area contributed by atoms with Crippen molar-refractivity contribution in [1.29, 1.82) is 5.26 Å². The molecule has 0 aliphatic carbocycles. The monoisotopic (exact) mass is 529 g/mol. The lowest BCUT2D eigenvalue weighted by atomic mass is 10.0. The van der Waals surface area contributed by atoms with Gasteiger partial charge in [0.15, 0.2) is 11.6 Å². The molecule has 0 fully saturated rings. The van der Waals surface area contributed by atoms with E-state index >= 15 is 0 Å². The van der Waals surface area contributed by atoms with Gasteiger partial charge in [0, 0.05) is 35.1 Å². The zero-order chi connectivity index (χ0) is 26.4. The van der Waals surface area contributed by atoms with Gasteiger partial charge in [0.1, 0.15) is 11.5 Å². The summed E-state index contributed by atoms with van der Waals surface area (Å²) in [7, 11) is 3.33. The minimum atomic E-state index is 0.0000821. The Morgan fingerprint density at radius 1 is 0.811 bits per heavy atom. The summed E-state index contributed by atoms with van der Waals surface area (Å²) in [6.45, 7) is 0. The number of Topliss-reactive ketones (excluding diaryl/α,β-unsaturated/α-hetero) is 2. The van der Waals surface area contributed by atoms with E-state index in [9.17, 15) is 9.59 Å². The Hall–Kier alpha value is -3.65. The summed E-state index contributed by atoms with van der Waals surface area (Å²) in [6, 6.07) is 14.1. The number of ether oxygens (including phenoxy) is 2. The highest BCUT2D eigenvalue weighted by Crippen LogP contribution is 2.36. The Morgan fingerprint density at radius 2 is 1.30 bits per heavy atom. The summed E-state index contributed by atoms with van der Waals surface area (Å²) in [4.78, 5) is 26.2. The largest absolute Gasteiger partial charge is 0.496 e. The molecule has 2 heterocycles. The van der Waals surface area contributed by atoms with Crippen molar-refractivity contribution >= 4 is 54.4 Å². The van der Waals surface area contributed by atoms with Crippen LogP contribution in [-0.4, -0.2) is 25.8 Å². The first-order valence-electron chi connectivity index (χ1n) is 12.0. The number of rotatable bonds is 12. The third kappa shape index (κ3) is 6.02. The highest BCUT2D eigenvalue weighted by molar-refractivity contribution is 7.21. The molecule has 5 nitrogen and oxygen atoms in total. The van der Waals surface area contributed by atoms with Crippen LogP contribution in [0.4, 0.5) is 0 Å². The quantitative estimate of drug-likeness (QED) is 0.141. The Labute approximate surface area is 224 Å². The second-order valence-corrected chi connectivity index (χ2v) is 10.9. The van der Waals surface area contributed by atoms with Gasteiger partial charge in [-0.2, -0.15) is 5.26 Å². The Morgan fingerprint density at radius 3 is 1.73 bits per heavy atom. The number of terminal acetylenes is 1. The highest BCUT2D eigenvalue weighted by Gasteiger charge is 2.15. The lowest BCUT2D eigenvalue weighted by Gasteiger charge is -2.11. The number of fused-ring (bicyclic) bond motifs is 2. The van der Waals surface area contributed by atoms with Crippen LogP contribution >= 0.6 is 22.7 Å². The van der Waals surface area contributed by atoms with Crippen molar-refractivity contribution in [3.8, 4) is 29.9 Å². The molecule has 188 valence electrons. The molecule has 4 aromatic rings. The van der Waals surface area contributed by atoms with Gasteiger partial charge in [0.2, 0.25) is 0 Å². The van der Waals surface area contributed by atoms with Gasteiger partial charge < -0.3 is 9.47 Å². The Bertz CT molecular complexity index is 1430. The molecule has 0 saturated carbocycles. The minimum Gasteiger partial charge on any atom is -0.496 e. The molecular weight excluding hydrogens is 502 g/mol. The normalized spacial score (nSPS) is 10.8. The van der Waals surface area contributed by atoms with E-state index in [-0.39, 0.29) is 24.4 Å². The zero-order valence-corrected chi connectivity index (χ0v) is 22.5. The summed E-state index contributed by atoms with van der Waals surface area (Å²) in [5, 5.41) is 10.8. The van der Waals surface area contributed by atoms with Crippen LogP contribution < -0.4 is 9.47 Å². The van der Waals surface area contributed by atoms with Crippen molar-refractivity contribution in [3.05, 3.63) is 57.3 Å². The number of thiophene rings is 2. The second kappa shape index (κ2) is 12.1. The molecule has 0 bridgehead atoms. The lowest BCUT2D eigenvalue weighted by molar-refractivity contribution is 0.0980. The number of aryl methyl sites for hydroxylation is 2. The summed E-state index contributed by atoms with van der Waals surface area (Å²) < 4.78 is 13.3. The van der Waals surface area contributed by atoms with E-state index in [0.29, 0.717) is 17.7 Å². The van der Waals surface area contributed by atoms with Gasteiger partial charge in [0.25, 0.3) is 0 Å². The van der Waals surface area contributed by atoms with E-state index < -0.39 is 0 Å². The van der Waals surface area contributed by atoms with Crippen LogP contribution in [0.3, 0.4) is 0 Å². The van der Waals surface area contributed by atoms with Crippen LogP contribution in [0.15, 0.2) is 36.4 Å². The maximum Gasteiger partial charge on any atom is 0.173 e. The van der Waals surface area contributed by atoms with Crippen LogP contribution in [0.25, 0.3) is 20.2 Å². The van der Waals surface area contributed by atoms with Gasteiger partial charge >= 0.3 is 0 Å². The molecule has 2 aromatic heterocycles. The molecule has 0 aliphatic heterocycles. The first kappa shape index (κ1) is 26.4. The molecule has 0 amide bonds. The van der Waals surface area contributed by atoms with Crippen LogP contribution in [0, 0.1) is 23.7 Å². The Kier molecular flexibility index (Phi) is 8.61. The molecule has 2 aromatic carbocycles. The summed E-state index contributed by atoms with van der Waals surface area (Å²) in [6.07, 6.45) is 9.06. The highest BCUT2D eigenvalue weighted by atomic mass is 32.1. The van der Waals surface area contributed by atoms with E-state index in [1.165, 1.54) is 22.7 Å². The number of benzene rings is 2. The molecular formula is C30H27NO4S2. The number of hydrogen-bond acceptors (Lipinski definition) is 7. The lowest BCUT2D eigenvalue weighted by Crippen LogP contribution is -1.96. The van der Waals surface area contributed by atoms with E-state index in [4.69, 9.17) is 21.2 Å². The van der Waals surface area contributed by atoms with Crippen molar-refractivity contribution < 1.29 is 19.1 Å². The van der Waals surface area contributed by atoms with Gasteiger partial charge in [-0.25, -0.2) is 0 Å². The number of nitriles is 1. The van der Waals surface area contributed by atoms with Crippen LogP contribution in [0.2, 0.25) is 0 Å². The fraction of sp³-hybridized carbons (Fsp3) is 0.300. The van der Waals surface area contributed by atoms with Crippen molar-refractivity contribution in [3.63, 3.8) is 0 Å². The SMILES string of the molecule is C#CCCC(=O)c1cc2cc(CCCc3cc4cc(C(=O)CCC#N)sc4cc3OC)c(OC)cc2s1. The van der Waals surface area contributed by atoms with E-state index in [1.54, 1.807) is 14.2 Å². The number of nitrogens with zero attached hydrogens (tertiary/aromatic N) is 1. The minimum absolute atomic E-state index is 0.0000821. The van der Waals surface area contributed by atoms with Gasteiger partial charge in [-0.1, -0.05) is 0 Å². The van der Waals surface area contributed by atoms with Crippen LogP contribution in [-0.2, 0) is 12.8 Å². The predicted molar refractivity (Wildman–Crippen MR) is 150 cm³/mol. The first-order valence-corrected chi connectivity index (χ1v) is 13.7. The predicted octanol–water partition coefficient (Wildman–Crippen LogP) is 7.39. The number of ketones is 2. The molecule has 0 radical (unpaired) electrons. The summed E-state index contributed by atoms with van der Waals surface area (Å²) in [5.41, 5.74) is 2.18. The molecule has 0 aliphatic rings. The van der Waals surface area contributed by atoms with Gasteiger partial charge in [0.05, 0.1) is 30.0 Å². The molecule has 4 rings (SSSR count). The average Bonchev–Trinajstić information content (AvgIpc) is 3.52. The molecule has 0 N–H and O–H groups in total. The molecule has 0 unspecified atom stereocenters. The standard InChI is InChI=1S/C30H27NO4S2/c1-4-5-10-23(32)29-15-21-13-19(25(34-2)17-27(21)36-29)8-6-9-20-14-22-16-30(24(33)11-7-12-31)37-28(22)18-26(20)35-3/h1,13-18H,5-11H2,2-3H3.